The number of urea groups is 1. The average molecular weight is 396 g/mol. The van der Waals surface area contributed by atoms with Gasteiger partial charge in [0.15, 0.2) is 0 Å². The molecule has 2 amide bonds. The number of likely N-dealkylation sites (N-methyl/N-ethyl adjacent to an activating group) is 1. The highest BCUT2D eigenvalue weighted by Crippen LogP contribution is 2.20. The largest absolute Gasteiger partial charge is 0.354 e. The number of aryl methyl sites for hydroxylation is 1. The number of aromatic nitrogens is 2. The van der Waals surface area contributed by atoms with Crippen LogP contribution in [-0.2, 0) is 0 Å². The van der Waals surface area contributed by atoms with Crippen molar-refractivity contribution in [2.45, 2.75) is 6.92 Å². The van der Waals surface area contributed by atoms with Crippen molar-refractivity contribution in [2.75, 3.05) is 74.5 Å². The predicted octanol–water partition coefficient (Wildman–Crippen LogP) is 1.89. The van der Waals surface area contributed by atoms with E-state index < -0.39 is 0 Å². The molecule has 0 saturated carbocycles. The molecule has 8 nitrogen and oxygen atoms in total. The second-order valence-corrected chi connectivity index (χ2v) is 7.74. The van der Waals surface area contributed by atoms with Gasteiger partial charge in [0.2, 0.25) is 0 Å². The molecule has 4 rings (SSSR count). The van der Waals surface area contributed by atoms with Crippen LogP contribution in [0.4, 0.5) is 22.1 Å². The molecule has 154 valence electrons. The molecule has 2 aromatic rings. The van der Waals surface area contributed by atoms with Gasteiger partial charge < -0.3 is 24.9 Å². The summed E-state index contributed by atoms with van der Waals surface area (Å²) in [4.78, 5) is 30.3. The molecule has 3 heterocycles. The van der Waals surface area contributed by atoms with E-state index >= 15 is 0 Å². The van der Waals surface area contributed by atoms with Crippen molar-refractivity contribution in [3.8, 4) is 0 Å². The number of amides is 2. The molecule has 29 heavy (non-hydrogen) atoms. The second kappa shape index (κ2) is 8.65. The summed E-state index contributed by atoms with van der Waals surface area (Å²) in [6.45, 7) is 8.94. The van der Waals surface area contributed by atoms with Gasteiger partial charge in [-0.15, -0.1) is 0 Å². The number of hydrogen-bond donors (Lipinski definition) is 1. The van der Waals surface area contributed by atoms with Crippen LogP contribution in [0, 0.1) is 6.92 Å². The number of carbonyl (C=O) groups excluding carboxylic acids is 1. The minimum atomic E-state index is -0.0419. The summed E-state index contributed by atoms with van der Waals surface area (Å²) in [5.41, 5.74) is 1.93. The van der Waals surface area contributed by atoms with Gasteiger partial charge in [-0.25, -0.2) is 14.8 Å². The Labute approximate surface area is 172 Å². The molecule has 0 unspecified atom stereocenters. The number of benzene rings is 1. The van der Waals surface area contributed by atoms with Gasteiger partial charge in [0.1, 0.15) is 18.0 Å². The highest BCUT2D eigenvalue weighted by Gasteiger charge is 2.23. The Kier molecular flexibility index (Phi) is 5.80. The summed E-state index contributed by atoms with van der Waals surface area (Å²) in [5, 5.41) is 3.02. The maximum absolute atomic E-state index is 12.6. The van der Waals surface area contributed by atoms with Crippen LogP contribution < -0.4 is 15.1 Å². The van der Waals surface area contributed by atoms with Crippen molar-refractivity contribution < 1.29 is 4.79 Å². The normalized spacial score (nSPS) is 18.1. The highest BCUT2D eigenvalue weighted by atomic mass is 16.2. The molecule has 1 aromatic heterocycles. The lowest BCUT2D eigenvalue weighted by Crippen LogP contribution is -2.50. The molecule has 0 aliphatic carbocycles. The van der Waals surface area contributed by atoms with Crippen molar-refractivity contribution >= 4 is 23.4 Å². The maximum Gasteiger partial charge on any atom is 0.321 e. The first-order chi connectivity index (χ1) is 14.1. The van der Waals surface area contributed by atoms with Crippen LogP contribution in [0.15, 0.2) is 36.7 Å². The molecule has 0 spiro atoms. The number of hydrogen-bond acceptors (Lipinski definition) is 6. The molecular weight excluding hydrogens is 366 g/mol. The third-order valence-electron chi connectivity index (χ3n) is 5.74. The van der Waals surface area contributed by atoms with Gasteiger partial charge in [0, 0.05) is 64.1 Å². The van der Waals surface area contributed by atoms with E-state index in [2.05, 4.69) is 43.1 Å². The van der Waals surface area contributed by atoms with Crippen LogP contribution in [0.25, 0.3) is 0 Å². The molecule has 1 aromatic carbocycles. The quantitative estimate of drug-likeness (QED) is 0.856. The lowest BCUT2D eigenvalue weighted by atomic mass is 10.2. The van der Waals surface area contributed by atoms with Gasteiger partial charge in [-0.3, -0.25) is 0 Å². The van der Waals surface area contributed by atoms with E-state index in [0.29, 0.717) is 13.1 Å². The van der Waals surface area contributed by atoms with Crippen LogP contribution in [0.5, 0.6) is 0 Å². The van der Waals surface area contributed by atoms with Gasteiger partial charge in [0.25, 0.3) is 0 Å². The Morgan fingerprint density at radius 1 is 0.897 bits per heavy atom. The molecule has 2 fully saturated rings. The average Bonchev–Trinajstić information content (AvgIpc) is 2.76. The van der Waals surface area contributed by atoms with Gasteiger partial charge in [-0.2, -0.15) is 0 Å². The number of nitrogens with zero attached hydrogens (tertiary/aromatic N) is 6. The minimum Gasteiger partial charge on any atom is -0.354 e. The zero-order chi connectivity index (χ0) is 20.2. The van der Waals surface area contributed by atoms with E-state index in [1.807, 2.05) is 36.1 Å². The Hall–Kier alpha value is -2.87. The van der Waals surface area contributed by atoms with E-state index in [1.165, 1.54) is 0 Å². The lowest BCUT2D eigenvalue weighted by Gasteiger charge is -2.36. The van der Waals surface area contributed by atoms with Crippen molar-refractivity contribution in [1.29, 1.82) is 0 Å². The monoisotopic (exact) mass is 395 g/mol. The van der Waals surface area contributed by atoms with Crippen molar-refractivity contribution in [3.05, 3.63) is 42.2 Å². The molecule has 0 atom stereocenters. The summed E-state index contributed by atoms with van der Waals surface area (Å²) < 4.78 is 0. The minimum absolute atomic E-state index is 0.0419. The number of nitrogens with one attached hydrogen (secondary N) is 1. The van der Waals surface area contributed by atoms with Crippen molar-refractivity contribution in [3.63, 3.8) is 0 Å². The number of para-hydroxylation sites is 1. The zero-order valence-electron chi connectivity index (χ0n) is 17.2. The lowest BCUT2D eigenvalue weighted by molar-refractivity contribution is 0.208. The van der Waals surface area contributed by atoms with Gasteiger partial charge in [-0.1, -0.05) is 18.2 Å². The smallest absolute Gasteiger partial charge is 0.321 e. The molecule has 2 aliphatic rings. The summed E-state index contributed by atoms with van der Waals surface area (Å²) in [5.74, 6) is 1.93. The Balaban J connectivity index is 1.34. The van der Waals surface area contributed by atoms with Gasteiger partial charge in [0.05, 0.1) is 0 Å². The van der Waals surface area contributed by atoms with Crippen LogP contribution in [0.3, 0.4) is 0 Å². The fourth-order valence-electron chi connectivity index (χ4n) is 3.76. The second-order valence-electron chi connectivity index (χ2n) is 7.74. The van der Waals surface area contributed by atoms with Crippen LogP contribution in [0.1, 0.15) is 5.56 Å². The van der Waals surface area contributed by atoms with Crippen LogP contribution in [-0.4, -0.2) is 85.2 Å². The molecule has 0 bridgehead atoms. The molecule has 2 aliphatic heterocycles. The first-order valence-electron chi connectivity index (χ1n) is 10.2. The summed E-state index contributed by atoms with van der Waals surface area (Å²) in [6.07, 6.45) is 1.65. The van der Waals surface area contributed by atoms with E-state index in [1.54, 1.807) is 6.33 Å². The zero-order valence-corrected chi connectivity index (χ0v) is 17.2. The fraction of sp³-hybridized carbons (Fsp3) is 0.476. The molecule has 2 saturated heterocycles. The molecule has 8 heteroatoms. The first kappa shape index (κ1) is 19.4. The van der Waals surface area contributed by atoms with E-state index in [4.69, 9.17) is 0 Å². The summed E-state index contributed by atoms with van der Waals surface area (Å²) in [6, 6.07) is 9.88. The number of anilines is 3. The van der Waals surface area contributed by atoms with Crippen LogP contribution in [0.2, 0.25) is 0 Å². The SMILES string of the molecule is Cc1ccccc1NC(=O)N1CCN(c2cc(N3CCN(C)CC3)ncn2)CC1. The third-order valence-corrected chi connectivity index (χ3v) is 5.74. The maximum atomic E-state index is 12.6. The summed E-state index contributed by atoms with van der Waals surface area (Å²) in [7, 11) is 2.15. The number of piperazine rings is 2. The number of rotatable bonds is 3. The van der Waals surface area contributed by atoms with Crippen LogP contribution >= 0.6 is 0 Å². The molecular formula is C21H29N7O. The Morgan fingerprint density at radius 2 is 1.48 bits per heavy atom. The topological polar surface area (TPSA) is 67.8 Å². The Morgan fingerprint density at radius 3 is 2.10 bits per heavy atom. The first-order valence-corrected chi connectivity index (χ1v) is 10.2. The summed E-state index contributed by atoms with van der Waals surface area (Å²) >= 11 is 0. The van der Waals surface area contributed by atoms with Crippen molar-refractivity contribution in [2.24, 2.45) is 0 Å². The molecule has 1 N–H and O–H groups in total. The van der Waals surface area contributed by atoms with Crippen molar-refractivity contribution in [1.82, 2.24) is 19.8 Å². The Bertz CT molecular complexity index is 842. The van der Waals surface area contributed by atoms with Gasteiger partial charge >= 0.3 is 6.03 Å². The standard InChI is InChI=1S/C21H29N7O/c1-17-5-3-4-6-18(17)24-21(29)28-13-11-27(12-14-28)20-15-19(22-16-23-20)26-9-7-25(2)8-10-26/h3-6,15-16H,7-14H2,1-2H3,(H,24,29). The predicted molar refractivity (Wildman–Crippen MR) is 116 cm³/mol. The van der Waals surface area contributed by atoms with E-state index in [-0.39, 0.29) is 6.03 Å². The van der Waals surface area contributed by atoms with Gasteiger partial charge in [-0.05, 0) is 25.6 Å². The fourth-order valence-corrected chi connectivity index (χ4v) is 3.76. The third kappa shape index (κ3) is 4.59. The van der Waals surface area contributed by atoms with E-state index in [0.717, 1.165) is 62.2 Å². The van der Waals surface area contributed by atoms with E-state index in [9.17, 15) is 4.79 Å². The highest BCUT2D eigenvalue weighted by molar-refractivity contribution is 5.90. The molecule has 0 radical (unpaired) electrons. The number of carbonyl (C=O) groups is 1.